The Morgan fingerprint density at radius 1 is 1.12 bits per heavy atom. The van der Waals surface area contributed by atoms with Crippen molar-refractivity contribution in [2.24, 2.45) is 17.8 Å². The lowest BCUT2D eigenvalue weighted by atomic mass is 9.78. The molecule has 1 fully saturated rings. The number of carbonyl (C=O) groups is 4. The molecule has 0 saturated carbocycles. The molecule has 3 atom stereocenters. The van der Waals surface area contributed by atoms with Crippen LogP contribution in [0.5, 0.6) is 0 Å². The molecule has 4 rings (SSSR count). The molecule has 174 valence electrons. The molecule has 2 aromatic rings. The Labute approximate surface area is 199 Å². The van der Waals surface area contributed by atoms with E-state index in [2.05, 4.69) is 0 Å². The second-order valence-corrected chi connectivity index (χ2v) is 8.65. The number of Topliss-reactive ketones (excluding diaryl/α,β-unsaturated/α-hetero) is 1. The predicted molar refractivity (Wildman–Crippen MR) is 122 cm³/mol. The fourth-order valence-corrected chi connectivity index (χ4v) is 4.54. The molecule has 0 spiro atoms. The van der Waals surface area contributed by atoms with Gasteiger partial charge in [0.15, 0.2) is 5.78 Å². The summed E-state index contributed by atoms with van der Waals surface area (Å²) >= 11 is 5.88. The third-order valence-corrected chi connectivity index (χ3v) is 6.37. The molecule has 3 amide bonds. The summed E-state index contributed by atoms with van der Waals surface area (Å²) in [5, 5.41) is 13.4. The molecule has 10 heteroatoms. The van der Waals surface area contributed by atoms with E-state index in [1.165, 1.54) is 42.5 Å². The molecular weight excluding hydrogens is 462 g/mol. The molecule has 0 N–H and O–H groups in total. The van der Waals surface area contributed by atoms with E-state index in [9.17, 15) is 29.3 Å². The molecule has 0 unspecified atom stereocenters. The summed E-state index contributed by atoms with van der Waals surface area (Å²) in [5.41, 5.74) is -0.627. The van der Waals surface area contributed by atoms with Crippen molar-refractivity contribution in [3.8, 4) is 0 Å². The first-order valence-electron chi connectivity index (χ1n) is 10.6. The third-order valence-electron chi connectivity index (χ3n) is 6.12. The number of ketones is 1. The molecule has 0 radical (unpaired) electrons. The number of carbonyl (C=O) groups excluding carboxylic acids is 4. The summed E-state index contributed by atoms with van der Waals surface area (Å²) < 4.78 is 0. The van der Waals surface area contributed by atoms with Gasteiger partial charge in [0, 0.05) is 16.7 Å². The Bertz CT molecular complexity index is 1230. The number of nitro groups is 1. The molecule has 2 aliphatic rings. The zero-order valence-electron chi connectivity index (χ0n) is 18.1. The number of fused-ring (bicyclic) bond motifs is 1. The topological polar surface area (TPSA) is 118 Å². The van der Waals surface area contributed by atoms with Gasteiger partial charge in [0.1, 0.15) is 12.1 Å². The summed E-state index contributed by atoms with van der Waals surface area (Å²) in [7, 11) is 0. The minimum atomic E-state index is -0.990. The highest BCUT2D eigenvalue weighted by Crippen LogP contribution is 2.39. The number of allylic oxidation sites excluding steroid dienone is 2. The minimum Gasteiger partial charge on any atom is -0.292 e. The minimum absolute atomic E-state index is 0.205. The van der Waals surface area contributed by atoms with Gasteiger partial charge in [-0.3, -0.25) is 29.3 Å². The van der Waals surface area contributed by atoms with Crippen LogP contribution >= 0.6 is 11.6 Å². The molecule has 34 heavy (non-hydrogen) atoms. The number of benzene rings is 2. The Morgan fingerprint density at radius 2 is 1.79 bits per heavy atom. The van der Waals surface area contributed by atoms with Crippen molar-refractivity contribution >= 4 is 40.8 Å². The van der Waals surface area contributed by atoms with Crippen molar-refractivity contribution in [3.05, 3.63) is 86.9 Å². The lowest BCUT2D eigenvalue weighted by Crippen LogP contribution is -2.52. The van der Waals surface area contributed by atoms with Gasteiger partial charge in [-0.2, -0.15) is 5.01 Å². The number of hydrazine groups is 1. The fraction of sp³-hybridized carbons (Fsp3) is 0.250. The number of rotatable bonds is 6. The standard InChI is InChI=1S/C24H20ClN3O6/c1-14-5-4-7-18-21(14)24(32)27(23(18)31)26(13-20(29)15-9-11-16(25)12-10-15)22(30)17-6-2-3-8-19(17)28(33)34/h2-6,8-12,14,18,21H,7,13H2,1H3/t14-,18+,21+/m1/s1. The van der Waals surface area contributed by atoms with Gasteiger partial charge in [0.2, 0.25) is 0 Å². The van der Waals surface area contributed by atoms with Crippen LogP contribution in [0.1, 0.15) is 34.1 Å². The van der Waals surface area contributed by atoms with Crippen molar-refractivity contribution < 1.29 is 24.1 Å². The van der Waals surface area contributed by atoms with Crippen LogP contribution in [0.2, 0.25) is 5.02 Å². The zero-order valence-corrected chi connectivity index (χ0v) is 18.8. The molecule has 9 nitrogen and oxygen atoms in total. The van der Waals surface area contributed by atoms with Gasteiger partial charge in [-0.15, -0.1) is 0 Å². The Morgan fingerprint density at radius 3 is 2.44 bits per heavy atom. The normalized spacial score (nSPS) is 21.4. The monoisotopic (exact) mass is 481 g/mol. The number of nitrogens with zero attached hydrogens (tertiary/aromatic N) is 3. The zero-order chi connectivity index (χ0) is 24.6. The average Bonchev–Trinajstić information content (AvgIpc) is 3.08. The first kappa shape index (κ1) is 23.3. The van der Waals surface area contributed by atoms with Crippen LogP contribution in [0.25, 0.3) is 0 Å². The number of amides is 3. The van der Waals surface area contributed by atoms with Crippen LogP contribution in [-0.2, 0) is 9.59 Å². The number of halogens is 1. The number of hydrogen-bond acceptors (Lipinski definition) is 6. The van der Waals surface area contributed by atoms with Crippen molar-refractivity contribution in [2.45, 2.75) is 13.3 Å². The van der Waals surface area contributed by atoms with Crippen LogP contribution in [0.3, 0.4) is 0 Å². The van der Waals surface area contributed by atoms with Crippen LogP contribution in [0.15, 0.2) is 60.7 Å². The lowest BCUT2D eigenvalue weighted by molar-refractivity contribution is -0.385. The average molecular weight is 482 g/mol. The molecule has 2 aromatic carbocycles. The summed E-state index contributed by atoms with van der Waals surface area (Å²) in [6, 6.07) is 11.1. The molecule has 1 heterocycles. The first-order chi connectivity index (χ1) is 16.2. The molecule has 0 bridgehead atoms. The SMILES string of the molecule is C[C@@H]1C=CC[C@@H]2C(=O)N(N(CC(=O)c3ccc(Cl)cc3)C(=O)c3ccccc3[N+](=O)[O-])C(=O)[C@@H]12. The number of nitro benzene ring substituents is 1. The van der Waals surface area contributed by atoms with E-state index in [1.54, 1.807) is 6.92 Å². The largest absolute Gasteiger partial charge is 0.292 e. The molecule has 1 aliphatic heterocycles. The maximum Gasteiger partial charge on any atom is 0.282 e. The summed E-state index contributed by atoms with van der Waals surface area (Å²) in [6.07, 6.45) is 3.98. The van der Waals surface area contributed by atoms with E-state index in [-0.39, 0.29) is 17.0 Å². The van der Waals surface area contributed by atoms with E-state index in [0.29, 0.717) is 16.5 Å². The maximum absolute atomic E-state index is 13.5. The summed E-state index contributed by atoms with van der Waals surface area (Å²) in [6.45, 7) is 1.14. The highest BCUT2D eigenvalue weighted by molar-refractivity contribution is 6.30. The second-order valence-electron chi connectivity index (χ2n) is 8.21. The van der Waals surface area contributed by atoms with Gasteiger partial charge in [-0.25, -0.2) is 5.01 Å². The molecule has 0 aromatic heterocycles. The number of para-hydroxylation sites is 1. The van der Waals surface area contributed by atoms with Crippen molar-refractivity contribution in [2.75, 3.05) is 6.54 Å². The fourth-order valence-electron chi connectivity index (χ4n) is 4.42. The smallest absolute Gasteiger partial charge is 0.282 e. The van der Waals surface area contributed by atoms with Crippen molar-refractivity contribution in [1.29, 1.82) is 0 Å². The Hall–Kier alpha value is -3.85. The van der Waals surface area contributed by atoms with Gasteiger partial charge in [0.05, 0.1) is 16.8 Å². The highest BCUT2D eigenvalue weighted by Gasteiger charge is 2.53. The van der Waals surface area contributed by atoms with Crippen molar-refractivity contribution in [3.63, 3.8) is 0 Å². The first-order valence-corrected chi connectivity index (χ1v) is 11.0. The van der Waals surface area contributed by atoms with E-state index in [0.717, 1.165) is 11.1 Å². The maximum atomic E-state index is 13.5. The van der Waals surface area contributed by atoms with Gasteiger partial charge in [-0.05, 0) is 42.7 Å². The van der Waals surface area contributed by atoms with Crippen LogP contribution in [0, 0.1) is 27.9 Å². The van der Waals surface area contributed by atoms with Crippen LogP contribution in [0.4, 0.5) is 5.69 Å². The summed E-state index contributed by atoms with van der Waals surface area (Å²) in [4.78, 5) is 64.0. The van der Waals surface area contributed by atoms with E-state index in [4.69, 9.17) is 11.6 Å². The van der Waals surface area contributed by atoms with E-state index in [1.807, 2.05) is 12.2 Å². The Kier molecular flexibility index (Phi) is 6.30. The quantitative estimate of drug-likeness (QED) is 0.204. The summed E-state index contributed by atoms with van der Waals surface area (Å²) in [5.74, 6) is -4.36. The third kappa shape index (κ3) is 4.10. The van der Waals surface area contributed by atoms with E-state index < -0.39 is 52.5 Å². The van der Waals surface area contributed by atoms with Crippen molar-refractivity contribution in [1.82, 2.24) is 10.0 Å². The molecule has 1 saturated heterocycles. The highest BCUT2D eigenvalue weighted by atomic mass is 35.5. The van der Waals surface area contributed by atoms with Gasteiger partial charge >= 0.3 is 0 Å². The number of hydrogen-bond donors (Lipinski definition) is 0. The number of imide groups is 1. The van der Waals surface area contributed by atoms with Gasteiger partial charge in [0.25, 0.3) is 23.4 Å². The van der Waals surface area contributed by atoms with Gasteiger partial charge < -0.3 is 0 Å². The van der Waals surface area contributed by atoms with Crippen LogP contribution in [-0.4, -0.2) is 45.0 Å². The lowest BCUT2D eigenvalue weighted by Gasteiger charge is -2.30. The molecular formula is C24H20ClN3O6. The van der Waals surface area contributed by atoms with E-state index >= 15 is 0 Å². The van der Waals surface area contributed by atoms with Gasteiger partial charge in [-0.1, -0.05) is 42.8 Å². The molecule has 1 aliphatic carbocycles. The second kappa shape index (κ2) is 9.18. The van der Waals surface area contributed by atoms with Crippen LogP contribution < -0.4 is 0 Å². The Balaban J connectivity index is 1.76. The predicted octanol–water partition coefficient (Wildman–Crippen LogP) is 3.69.